The molecule has 2 aromatic heterocycles. The SMILES string of the molecule is COCCc1nsc(N2CCN(c3ccccn3)CC2)n1. The molecule has 21 heavy (non-hydrogen) atoms. The van der Waals surface area contributed by atoms with Crippen LogP contribution in [-0.4, -0.2) is 54.2 Å². The number of hydrogen-bond acceptors (Lipinski definition) is 7. The minimum absolute atomic E-state index is 0.670. The van der Waals surface area contributed by atoms with Gasteiger partial charge in [-0.2, -0.15) is 4.37 Å². The molecule has 2 aromatic rings. The Hall–Kier alpha value is -1.73. The van der Waals surface area contributed by atoms with Crippen molar-refractivity contribution < 1.29 is 4.74 Å². The third-order valence-corrected chi connectivity index (χ3v) is 4.33. The van der Waals surface area contributed by atoms with Crippen LogP contribution in [0.15, 0.2) is 24.4 Å². The average molecular weight is 305 g/mol. The summed E-state index contributed by atoms with van der Waals surface area (Å²) in [5.74, 6) is 1.93. The molecule has 0 saturated carbocycles. The first-order valence-electron chi connectivity index (χ1n) is 7.09. The number of hydrogen-bond donors (Lipinski definition) is 0. The van der Waals surface area contributed by atoms with Crippen LogP contribution in [0.5, 0.6) is 0 Å². The fourth-order valence-electron chi connectivity index (χ4n) is 2.34. The monoisotopic (exact) mass is 305 g/mol. The van der Waals surface area contributed by atoms with Crippen LogP contribution in [0.3, 0.4) is 0 Å². The van der Waals surface area contributed by atoms with Crippen LogP contribution in [0.25, 0.3) is 0 Å². The first kappa shape index (κ1) is 14.2. The molecule has 1 saturated heterocycles. The second-order valence-electron chi connectivity index (χ2n) is 4.90. The van der Waals surface area contributed by atoms with E-state index < -0.39 is 0 Å². The van der Waals surface area contributed by atoms with E-state index in [-0.39, 0.29) is 0 Å². The van der Waals surface area contributed by atoms with E-state index in [0.717, 1.165) is 49.4 Å². The first-order valence-corrected chi connectivity index (χ1v) is 7.86. The van der Waals surface area contributed by atoms with E-state index >= 15 is 0 Å². The molecule has 1 aliphatic rings. The molecular formula is C14H19N5OS. The van der Waals surface area contributed by atoms with Gasteiger partial charge in [-0.3, -0.25) is 0 Å². The van der Waals surface area contributed by atoms with Crippen LogP contribution in [-0.2, 0) is 11.2 Å². The minimum Gasteiger partial charge on any atom is -0.384 e. The maximum atomic E-state index is 5.06. The fraction of sp³-hybridized carbons (Fsp3) is 0.500. The van der Waals surface area contributed by atoms with Crippen LogP contribution in [0, 0.1) is 0 Å². The Morgan fingerprint density at radius 2 is 2.00 bits per heavy atom. The Morgan fingerprint density at radius 1 is 1.19 bits per heavy atom. The number of methoxy groups -OCH3 is 1. The van der Waals surface area contributed by atoms with Gasteiger partial charge < -0.3 is 14.5 Å². The number of anilines is 2. The van der Waals surface area contributed by atoms with Gasteiger partial charge in [-0.05, 0) is 12.1 Å². The second-order valence-corrected chi connectivity index (χ2v) is 5.63. The molecule has 1 fully saturated rings. The average Bonchev–Trinajstić information content (AvgIpc) is 3.03. The Labute approximate surface area is 128 Å². The highest BCUT2D eigenvalue weighted by atomic mass is 32.1. The summed E-state index contributed by atoms with van der Waals surface area (Å²) >= 11 is 1.48. The Balaban J connectivity index is 1.57. The molecule has 0 amide bonds. The van der Waals surface area contributed by atoms with E-state index in [9.17, 15) is 0 Å². The third-order valence-electron chi connectivity index (χ3n) is 3.51. The first-order chi connectivity index (χ1) is 10.4. The highest BCUT2D eigenvalue weighted by Crippen LogP contribution is 2.21. The van der Waals surface area contributed by atoms with E-state index in [2.05, 4.69) is 30.2 Å². The standard InChI is InChI=1S/C14H19N5OS/c1-20-11-5-12-16-14(21-17-12)19-9-7-18(8-10-19)13-4-2-3-6-15-13/h2-4,6H,5,7-11H2,1H3. The van der Waals surface area contributed by atoms with Gasteiger partial charge in [-0.1, -0.05) is 6.07 Å². The molecule has 112 valence electrons. The number of nitrogens with zero attached hydrogens (tertiary/aromatic N) is 5. The molecular weight excluding hydrogens is 286 g/mol. The fourth-order valence-corrected chi connectivity index (χ4v) is 3.10. The van der Waals surface area contributed by atoms with E-state index in [1.165, 1.54) is 11.5 Å². The van der Waals surface area contributed by atoms with Gasteiger partial charge in [-0.15, -0.1) is 0 Å². The molecule has 7 heteroatoms. The Kier molecular flexibility index (Phi) is 4.62. The van der Waals surface area contributed by atoms with E-state index in [1.54, 1.807) is 7.11 Å². The quantitative estimate of drug-likeness (QED) is 0.833. The summed E-state index contributed by atoms with van der Waals surface area (Å²) in [6, 6.07) is 6.04. The van der Waals surface area contributed by atoms with Crippen molar-refractivity contribution >= 4 is 22.5 Å². The third kappa shape index (κ3) is 3.48. The number of pyridine rings is 1. The molecule has 0 radical (unpaired) electrons. The minimum atomic E-state index is 0.670. The van der Waals surface area contributed by atoms with E-state index in [0.29, 0.717) is 6.61 Å². The van der Waals surface area contributed by atoms with Crippen molar-refractivity contribution in [2.75, 3.05) is 49.7 Å². The van der Waals surface area contributed by atoms with Crippen LogP contribution < -0.4 is 9.80 Å². The van der Waals surface area contributed by atoms with Crippen molar-refractivity contribution in [3.63, 3.8) is 0 Å². The molecule has 3 heterocycles. The lowest BCUT2D eigenvalue weighted by molar-refractivity contribution is 0.201. The number of ether oxygens (including phenoxy) is 1. The largest absolute Gasteiger partial charge is 0.384 e. The summed E-state index contributed by atoms with van der Waals surface area (Å²) in [6.07, 6.45) is 2.62. The molecule has 0 bridgehead atoms. The van der Waals surface area contributed by atoms with Crippen molar-refractivity contribution in [1.82, 2.24) is 14.3 Å². The van der Waals surface area contributed by atoms with Gasteiger partial charge in [0.05, 0.1) is 6.61 Å². The van der Waals surface area contributed by atoms with Crippen LogP contribution in [0.4, 0.5) is 10.9 Å². The Bertz CT molecular complexity index is 554. The van der Waals surface area contributed by atoms with Gasteiger partial charge in [0.25, 0.3) is 0 Å². The summed E-state index contributed by atoms with van der Waals surface area (Å²) in [7, 11) is 1.70. The van der Waals surface area contributed by atoms with Crippen molar-refractivity contribution in [3.05, 3.63) is 30.2 Å². The molecule has 0 aromatic carbocycles. The molecule has 0 unspecified atom stereocenters. The Morgan fingerprint density at radius 3 is 2.71 bits per heavy atom. The summed E-state index contributed by atoms with van der Waals surface area (Å²) in [5, 5.41) is 1.02. The van der Waals surface area contributed by atoms with Crippen molar-refractivity contribution in [3.8, 4) is 0 Å². The predicted molar refractivity (Wildman–Crippen MR) is 84.2 cm³/mol. The van der Waals surface area contributed by atoms with Crippen molar-refractivity contribution in [1.29, 1.82) is 0 Å². The molecule has 0 atom stereocenters. The van der Waals surface area contributed by atoms with Crippen molar-refractivity contribution in [2.24, 2.45) is 0 Å². The maximum absolute atomic E-state index is 5.06. The number of aromatic nitrogens is 3. The summed E-state index contributed by atoms with van der Waals surface area (Å²) < 4.78 is 9.45. The van der Waals surface area contributed by atoms with Crippen LogP contribution in [0.1, 0.15) is 5.82 Å². The molecule has 3 rings (SSSR count). The van der Waals surface area contributed by atoms with Gasteiger partial charge >= 0.3 is 0 Å². The molecule has 0 N–H and O–H groups in total. The second kappa shape index (κ2) is 6.82. The van der Waals surface area contributed by atoms with E-state index in [1.807, 2.05) is 18.3 Å². The van der Waals surface area contributed by atoms with Gasteiger partial charge in [0.15, 0.2) is 0 Å². The number of piperazine rings is 1. The summed E-state index contributed by atoms with van der Waals surface area (Å²) in [5.41, 5.74) is 0. The molecule has 0 spiro atoms. The highest BCUT2D eigenvalue weighted by molar-refractivity contribution is 7.09. The summed E-state index contributed by atoms with van der Waals surface area (Å²) in [6.45, 7) is 4.50. The molecule has 6 nitrogen and oxygen atoms in total. The van der Waals surface area contributed by atoms with E-state index in [4.69, 9.17) is 4.74 Å². The normalized spacial score (nSPS) is 15.5. The molecule has 0 aliphatic carbocycles. The van der Waals surface area contributed by atoms with Gasteiger partial charge in [0, 0.05) is 57.4 Å². The van der Waals surface area contributed by atoms with Gasteiger partial charge in [0.1, 0.15) is 11.6 Å². The number of rotatable bonds is 5. The molecule has 1 aliphatic heterocycles. The van der Waals surface area contributed by atoms with Gasteiger partial charge in [0.2, 0.25) is 5.13 Å². The zero-order valence-corrected chi connectivity index (χ0v) is 12.9. The predicted octanol–water partition coefficient (Wildman–Crippen LogP) is 1.45. The van der Waals surface area contributed by atoms with Crippen molar-refractivity contribution in [2.45, 2.75) is 6.42 Å². The zero-order chi connectivity index (χ0) is 14.5. The van der Waals surface area contributed by atoms with Crippen LogP contribution >= 0.6 is 11.5 Å². The smallest absolute Gasteiger partial charge is 0.205 e. The highest BCUT2D eigenvalue weighted by Gasteiger charge is 2.20. The lowest BCUT2D eigenvalue weighted by Gasteiger charge is -2.34. The summed E-state index contributed by atoms with van der Waals surface area (Å²) in [4.78, 5) is 13.6. The lowest BCUT2D eigenvalue weighted by atomic mass is 10.3. The lowest BCUT2D eigenvalue weighted by Crippen LogP contribution is -2.46. The van der Waals surface area contributed by atoms with Gasteiger partial charge in [-0.25, -0.2) is 9.97 Å². The zero-order valence-electron chi connectivity index (χ0n) is 12.1. The van der Waals surface area contributed by atoms with Crippen LogP contribution in [0.2, 0.25) is 0 Å². The topological polar surface area (TPSA) is 54.4 Å². The maximum Gasteiger partial charge on any atom is 0.205 e.